The fourth-order valence-electron chi connectivity index (χ4n) is 2.66. The Morgan fingerprint density at radius 1 is 1.04 bits per heavy atom. The number of fused-ring (bicyclic) bond motifs is 1. The van der Waals surface area contributed by atoms with E-state index in [1.807, 2.05) is 0 Å². The fraction of sp³-hybridized carbons (Fsp3) is 0.105. The minimum atomic E-state index is -4.41. The third-order valence-corrected chi connectivity index (χ3v) is 3.92. The Bertz CT molecular complexity index is 909. The van der Waals surface area contributed by atoms with Crippen molar-refractivity contribution < 1.29 is 28.2 Å². The smallest absolute Gasteiger partial charge is 0.416 e. The van der Waals surface area contributed by atoms with Crippen molar-refractivity contribution in [1.82, 2.24) is 0 Å². The Balaban J connectivity index is 1.82. The van der Waals surface area contributed by atoms with Gasteiger partial charge in [-0.3, -0.25) is 4.79 Å². The summed E-state index contributed by atoms with van der Waals surface area (Å²) in [4.78, 5) is 12.2. The monoisotopic (exact) mass is 346 g/mol. The number of hydrogen-bond donors (Lipinski definition) is 2. The molecule has 0 fully saturated rings. The third kappa shape index (κ3) is 3.42. The van der Waals surface area contributed by atoms with Gasteiger partial charge in [0.1, 0.15) is 0 Å². The normalized spacial score (nSPS) is 16.0. The first-order chi connectivity index (χ1) is 11.8. The van der Waals surface area contributed by atoms with Crippen LogP contribution in [0.2, 0.25) is 0 Å². The van der Waals surface area contributed by atoms with Crippen molar-refractivity contribution in [3.8, 4) is 11.5 Å². The van der Waals surface area contributed by atoms with E-state index < -0.39 is 11.7 Å². The number of carbonyl (C=O) groups is 1. The van der Waals surface area contributed by atoms with Crippen molar-refractivity contribution in [2.45, 2.75) is 12.6 Å². The molecule has 25 heavy (non-hydrogen) atoms. The van der Waals surface area contributed by atoms with Crippen LogP contribution in [0.25, 0.3) is 6.08 Å². The number of Topliss-reactive ketones (excluding diaryl/α,β-unsaturated/α-hetero) is 1. The molecular formula is C19H13F3O3. The lowest BCUT2D eigenvalue weighted by atomic mass is 10.1. The van der Waals surface area contributed by atoms with Gasteiger partial charge in [-0.15, -0.1) is 0 Å². The number of allylic oxidation sites excluding steroid dienone is 3. The molecule has 0 unspecified atom stereocenters. The Labute approximate surface area is 141 Å². The molecule has 3 rings (SSSR count). The van der Waals surface area contributed by atoms with Gasteiger partial charge in [0, 0.05) is 17.6 Å². The molecule has 2 aromatic rings. The molecule has 0 heterocycles. The first kappa shape index (κ1) is 16.8. The highest BCUT2D eigenvalue weighted by molar-refractivity contribution is 6.13. The summed E-state index contributed by atoms with van der Waals surface area (Å²) in [5, 5.41) is 19.0. The molecule has 0 aromatic heterocycles. The summed E-state index contributed by atoms with van der Waals surface area (Å²) in [6, 6.07) is 7.41. The quantitative estimate of drug-likeness (QED) is 0.622. The first-order valence-electron chi connectivity index (χ1n) is 7.40. The lowest BCUT2D eigenvalue weighted by Gasteiger charge is -2.06. The van der Waals surface area contributed by atoms with Gasteiger partial charge < -0.3 is 10.2 Å². The number of alkyl halides is 3. The minimum Gasteiger partial charge on any atom is -0.504 e. The molecule has 2 aromatic carbocycles. The summed E-state index contributed by atoms with van der Waals surface area (Å²) in [7, 11) is 0. The summed E-state index contributed by atoms with van der Waals surface area (Å²) in [6.07, 6.45) is 0.392. The highest BCUT2D eigenvalue weighted by atomic mass is 19.4. The maximum atomic E-state index is 12.7. The molecule has 1 aliphatic carbocycles. The van der Waals surface area contributed by atoms with E-state index in [0.717, 1.165) is 12.1 Å². The lowest BCUT2D eigenvalue weighted by Crippen LogP contribution is -2.04. The van der Waals surface area contributed by atoms with Crippen molar-refractivity contribution in [2.75, 3.05) is 0 Å². The van der Waals surface area contributed by atoms with Crippen molar-refractivity contribution in [3.63, 3.8) is 0 Å². The first-order valence-corrected chi connectivity index (χ1v) is 7.40. The molecule has 0 aliphatic heterocycles. The van der Waals surface area contributed by atoms with Gasteiger partial charge in [-0.25, -0.2) is 0 Å². The molecule has 0 saturated heterocycles. The van der Waals surface area contributed by atoms with Gasteiger partial charge in [-0.2, -0.15) is 13.2 Å². The van der Waals surface area contributed by atoms with Crippen LogP contribution in [-0.4, -0.2) is 16.0 Å². The van der Waals surface area contributed by atoms with Crippen molar-refractivity contribution >= 4 is 11.9 Å². The number of hydrogen-bond acceptors (Lipinski definition) is 3. The van der Waals surface area contributed by atoms with Crippen LogP contribution in [-0.2, 0) is 12.6 Å². The molecule has 0 saturated carbocycles. The second kappa shape index (κ2) is 6.12. The largest absolute Gasteiger partial charge is 0.504 e. The van der Waals surface area contributed by atoms with E-state index in [9.17, 15) is 28.2 Å². The van der Waals surface area contributed by atoms with E-state index in [1.54, 1.807) is 0 Å². The van der Waals surface area contributed by atoms with Crippen molar-refractivity contribution in [1.29, 1.82) is 0 Å². The summed E-state index contributed by atoms with van der Waals surface area (Å²) in [5.74, 6) is -0.945. The topological polar surface area (TPSA) is 57.5 Å². The summed E-state index contributed by atoms with van der Waals surface area (Å²) < 4.78 is 38.0. The second-order valence-corrected chi connectivity index (χ2v) is 5.68. The Morgan fingerprint density at radius 3 is 2.48 bits per heavy atom. The number of ketones is 1. The lowest BCUT2D eigenvalue weighted by molar-refractivity contribution is -0.137. The average Bonchev–Trinajstić information content (AvgIpc) is 2.83. The van der Waals surface area contributed by atoms with Crippen LogP contribution in [0.3, 0.4) is 0 Å². The van der Waals surface area contributed by atoms with Crippen molar-refractivity contribution in [2.24, 2.45) is 0 Å². The van der Waals surface area contributed by atoms with Crippen LogP contribution in [0, 0.1) is 0 Å². The van der Waals surface area contributed by atoms with Gasteiger partial charge in [-0.1, -0.05) is 30.4 Å². The van der Waals surface area contributed by atoms with Gasteiger partial charge in [0.15, 0.2) is 17.3 Å². The maximum Gasteiger partial charge on any atom is 0.416 e. The zero-order valence-electron chi connectivity index (χ0n) is 12.8. The highest BCUT2D eigenvalue weighted by Gasteiger charge is 2.30. The van der Waals surface area contributed by atoms with Gasteiger partial charge in [-0.05, 0) is 35.4 Å². The van der Waals surface area contributed by atoms with E-state index in [0.29, 0.717) is 22.3 Å². The van der Waals surface area contributed by atoms with Crippen LogP contribution in [0.5, 0.6) is 11.5 Å². The van der Waals surface area contributed by atoms with E-state index in [2.05, 4.69) is 0 Å². The van der Waals surface area contributed by atoms with E-state index in [1.165, 1.54) is 42.5 Å². The Hall–Kier alpha value is -3.02. The van der Waals surface area contributed by atoms with Crippen LogP contribution >= 0.6 is 0 Å². The predicted molar refractivity (Wildman–Crippen MR) is 86.4 cm³/mol. The van der Waals surface area contributed by atoms with E-state index >= 15 is 0 Å². The summed E-state index contributed by atoms with van der Waals surface area (Å²) in [6.45, 7) is 0. The number of phenolic OH excluding ortho intramolecular Hbond substituents is 2. The van der Waals surface area contributed by atoms with Crippen LogP contribution in [0.15, 0.2) is 54.1 Å². The molecule has 128 valence electrons. The van der Waals surface area contributed by atoms with Crippen LogP contribution < -0.4 is 0 Å². The second-order valence-electron chi connectivity index (χ2n) is 5.68. The Morgan fingerprint density at radius 2 is 1.76 bits per heavy atom. The Kier molecular flexibility index (Phi) is 4.12. The standard InChI is InChI=1S/C19H13F3O3/c20-19(21,22)14-6-2-4-11(7-14)3-1-5-12-8-13-9-16(23)17(24)10-15(13)18(12)25/h1-7,9-10,23-24H,8H2/b3-1+,12-5+. The number of phenols is 2. The highest BCUT2D eigenvalue weighted by Crippen LogP contribution is 2.35. The molecule has 0 atom stereocenters. The average molecular weight is 346 g/mol. The van der Waals surface area contributed by atoms with Crippen molar-refractivity contribution in [3.05, 3.63) is 76.4 Å². The number of benzene rings is 2. The molecule has 6 heteroatoms. The molecule has 0 radical (unpaired) electrons. The number of carbonyl (C=O) groups excluding carboxylic acids is 1. The van der Waals surface area contributed by atoms with Gasteiger partial charge in [0.2, 0.25) is 0 Å². The molecule has 0 amide bonds. The van der Waals surface area contributed by atoms with Crippen LogP contribution in [0.4, 0.5) is 13.2 Å². The summed E-state index contributed by atoms with van der Waals surface area (Å²) in [5.41, 5.74) is 0.971. The third-order valence-electron chi connectivity index (χ3n) is 3.92. The van der Waals surface area contributed by atoms with Gasteiger partial charge >= 0.3 is 6.18 Å². The minimum absolute atomic E-state index is 0.279. The number of rotatable bonds is 2. The zero-order valence-corrected chi connectivity index (χ0v) is 12.8. The zero-order chi connectivity index (χ0) is 18.2. The SMILES string of the molecule is O=C1/C(=C/C=C/c2cccc(C(F)(F)F)c2)Cc2cc(O)c(O)cc21. The van der Waals surface area contributed by atoms with E-state index in [-0.39, 0.29) is 23.7 Å². The molecule has 1 aliphatic rings. The molecular weight excluding hydrogens is 333 g/mol. The van der Waals surface area contributed by atoms with Gasteiger partial charge in [0.25, 0.3) is 0 Å². The fourth-order valence-corrected chi connectivity index (χ4v) is 2.66. The van der Waals surface area contributed by atoms with E-state index in [4.69, 9.17) is 0 Å². The van der Waals surface area contributed by atoms with Gasteiger partial charge in [0.05, 0.1) is 5.56 Å². The molecule has 3 nitrogen and oxygen atoms in total. The molecule has 0 bridgehead atoms. The number of aromatic hydroxyl groups is 2. The molecule has 2 N–H and O–H groups in total. The van der Waals surface area contributed by atoms with Crippen LogP contribution in [0.1, 0.15) is 27.0 Å². The molecule has 0 spiro atoms. The summed E-state index contributed by atoms with van der Waals surface area (Å²) >= 11 is 0. The number of halogens is 3. The predicted octanol–water partition coefficient (Wildman–Crippen LogP) is 4.50. The maximum absolute atomic E-state index is 12.7.